The van der Waals surface area contributed by atoms with E-state index in [0.717, 1.165) is 10.9 Å². The zero-order valence-corrected chi connectivity index (χ0v) is 20.1. The molecule has 0 radical (unpaired) electrons. The van der Waals surface area contributed by atoms with E-state index in [1.807, 2.05) is 0 Å². The molecule has 1 unspecified atom stereocenters. The third-order valence-corrected chi connectivity index (χ3v) is 5.56. The molecule has 0 aliphatic heterocycles. The average Bonchev–Trinajstić information content (AvgIpc) is 3.25. The van der Waals surface area contributed by atoms with Crippen LogP contribution >= 0.6 is 0 Å². The first-order chi connectivity index (χ1) is 17.6. The van der Waals surface area contributed by atoms with Crippen molar-refractivity contribution in [1.29, 1.82) is 5.41 Å². The molecule has 4 aromatic rings. The minimum Gasteiger partial charge on any atom is -0.504 e. The van der Waals surface area contributed by atoms with Crippen molar-refractivity contribution in [2.75, 3.05) is 11.6 Å². The Kier molecular flexibility index (Phi) is 6.90. The number of nitrogens with zero attached hydrogens (tertiary/aromatic N) is 4. The van der Waals surface area contributed by atoms with Crippen molar-refractivity contribution >= 4 is 21.6 Å². The Morgan fingerprint density at radius 3 is 2.51 bits per heavy atom. The number of amidine groups is 1. The molecule has 0 spiro atoms. The highest BCUT2D eigenvalue weighted by molar-refractivity contribution is 7.86. The smallest absolute Gasteiger partial charge is 0.350 e. The molecule has 14 nitrogen and oxygen atoms in total. The largest absolute Gasteiger partial charge is 0.504 e. The topological polar surface area (TPSA) is 222 Å². The number of hydrogen-bond donors (Lipinski definition) is 6. The lowest BCUT2D eigenvalue weighted by molar-refractivity contribution is 0.274. The second kappa shape index (κ2) is 10.1. The predicted octanol–water partition coefficient (Wildman–Crippen LogP) is 0.372. The Morgan fingerprint density at radius 1 is 1.24 bits per heavy atom. The van der Waals surface area contributed by atoms with E-state index < -0.39 is 40.0 Å². The summed E-state index contributed by atoms with van der Waals surface area (Å²) in [5, 5.41) is 35.2. The van der Waals surface area contributed by atoms with E-state index in [9.17, 15) is 23.4 Å². The summed E-state index contributed by atoms with van der Waals surface area (Å²) < 4.78 is 29.4. The van der Waals surface area contributed by atoms with Crippen LogP contribution in [0.2, 0.25) is 0 Å². The standard InChI is InChI=1S/C22H22N8O6S/c1-37(34,35)36-16-10-13(9-14(11-31)18(16)32)17(27-15-5-3-12(4-6-15)19(23)24)20-28-22(33)30(29-20)21-25-7-2-8-26-21/h2-10,17,27,31-32H,11H2,1H3,(H3,23,24)(H,28,29,33). The Morgan fingerprint density at radius 2 is 1.92 bits per heavy atom. The highest BCUT2D eigenvalue weighted by Crippen LogP contribution is 2.36. The number of hydrogen-bond acceptors (Lipinski definition) is 11. The zero-order valence-electron chi connectivity index (χ0n) is 19.3. The van der Waals surface area contributed by atoms with Crippen LogP contribution in [0.25, 0.3) is 5.95 Å². The highest BCUT2D eigenvalue weighted by atomic mass is 32.2. The molecule has 0 saturated heterocycles. The molecule has 37 heavy (non-hydrogen) atoms. The molecular formula is C22H22N8O6S. The molecule has 0 saturated carbocycles. The summed E-state index contributed by atoms with van der Waals surface area (Å²) in [6, 6.07) is 9.77. The number of aromatic amines is 1. The lowest BCUT2D eigenvalue weighted by Gasteiger charge is -2.20. The zero-order chi connectivity index (χ0) is 26.7. The second-order valence-electron chi connectivity index (χ2n) is 7.82. The molecule has 2 aromatic heterocycles. The maximum Gasteiger partial charge on any atom is 0.350 e. The Bertz CT molecular complexity index is 1600. The van der Waals surface area contributed by atoms with Gasteiger partial charge in [-0.1, -0.05) is 0 Å². The predicted molar refractivity (Wildman–Crippen MR) is 132 cm³/mol. The van der Waals surface area contributed by atoms with Crippen molar-refractivity contribution in [1.82, 2.24) is 24.7 Å². The number of aromatic nitrogens is 5. The lowest BCUT2D eigenvalue weighted by atomic mass is 10.0. The molecule has 4 rings (SSSR count). The fourth-order valence-corrected chi connectivity index (χ4v) is 3.89. The molecule has 1 atom stereocenters. The second-order valence-corrected chi connectivity index (χ2v) is 9.39. The molecule has 0 aliphatic carbocycles. The molecule has 2 aromatic carbocycles. The first kappa shape index (κ1) is 25.3. The number of aliphatic hydroxyl groups excluding tert-OH is 1. The number of aromatic hydroxyl groups is 1. The summed E-state index contributed by atoms with van der Waals surface area (Å²) in [5.41, 5.74) is 6.14. The molecule has 15 heteroatoms. The first-order valence-corrected chi connectivity index (χ1v) is 12.4. The van der Waals surface area contributed by atoms with Gasteiger partial charge in [0.2, 0.25) is 0 Å². The van der Waals surface area contributed by atoms with Crippen molar-refractivity contribution < 1.29 is 22.8 Å². The lowest BCUT2D eigenvalue weighted by Crippen LogP contribution is -2.18. The third-order valence-electron chi connectivity index (χ3n) is 5.08. The van der Waals surface area contributed by atoms with Gasteiger partial charge in [-0.2, -0.15) is 8.42 Å². The quantitative estimate of drug-likeness (QED) is 0.0993. The van der Waals surface area contributed by atoms with Crippen molar-refractivity contribution in [3.05, 3.63) is 87.9 Å². The number of nitrogen functional groups attached to an aromatic ring is 1. The van der Waals surface area contributed by atoms with Gasteiger partial charge in [0, 0.05) is 29.2 Å². The summed E-state index contributed by atoms with van der Waals surface area (Å²) >= 11 is 0. The van der Waals surface area contributed by atoms with Crippen LogP contribution in [0.4, 0.5) is 5.69 Å². The number of benzene rings is 2. The van der Waals surface area contributed by atoms with E-state index in [4.69, 9.17) is 15.3 Å². The van der Waals surface area contributed by atoms with Gasteiger partial charge in [0.1, 0.15) is 11.9 Å². The molecule has 0 aliphatic rings. The minimum absolute atomic E-state index is 0.0161. The number of rotatable bonds is 9. The number of anilines is 1. The van der Waals surface area contributed by atoms with Crippen LogP contribution in [0.5, 0.6) is 11.5 Å². The summed E-state index contributed by atoms with van der Waals surface area (Å²) in [6.07, 6.45) is 3.69. The summed E-state index contributed by atoms with van der Waals surface area (Å²) in [5.74, 6) is -1.01. The number of aliphatic hydroxyl groups is 1. The third kappa shape index (κ3) is 5.74. The van der Waals surface area contributed by atoms with Gasteiger partial charge in [-0.3, -0.25) is 10.4 Å². The van der Waals surface area contributed by atoms with E-state index in [1.54, 1.807) is 30.3 Å². The van der Waals surface area contributed by atoms with E-state index in [-0.39, 0.29) is 28.7 Å². The average molecular weight is 527 g/mol. The summed E-state index contributed by atoms with van der Waals surface area (Å²) in [6.45, 7) is -0.636. The van der Waals surface area contributed by atoms with Crippen LogP contribution in [0, 0.1) is 5.41 Å². The van der Waals surface area contributed by atoms with Gasteiger partial charge >= 0.3 is 15.8 Å². The van der Waals surface area contributed by atoms with Gasteiger partial charge in [-0.05, 0) is 48.0 Å². The number of phenols is 1. The fourth-order valence-electron chi connectivity index (χ4n) is 3.43. The van der Waals surface area contributed by atoms with Gasteiger partial charge in [0.05, 0.1) is 12.9 Å². The maximum absolute atomic E-state index is 12.7. The molecule has 0 bridgehead atoms. The molecule has 0 amide bonds. The van der Waals surface area contributed by atoms with Crippen LogP contribution < -0.4 is 20.9 Å². The van der Waals surface area contributed by atoms with Crippen LogP contribution in [0.1, 0.15) is 28.6 Å². The molecule has 192 valence electrons. The Hall–Kier alpha value is -4.76. The summed E-state index contributed by atoms with van der Waals surface area (Å²) in [4.78, 5) is 23.4. The monoisotopic (exact) mass is 526 g/mol. The maximum atomic E-state index is 12.7. The van der Waals surface area contributed by atoms with Gasteiger partial charge in [-0.15, -0.1) is 9.78 Å². The molecule has 7 N–H and O–H groups in total. The molecule has 2 heterocycles. The summed E-state index contributed by atoms with van der Waals surface area (Å²) in [7, 11) is -4.03. The van der Waals surface area contributed by atoms with Gasteiger partial charge < -0.3 is 25.4 Å². The van der Waals surface area contributed by atoms with Crippen molar-refractivity contribution in [2.24, 2.45) is 5.73 Å². The SMILES string of the molecule is CS(=O)(=O)Oc1cc(C(Nc2ccc(C(=N)N)cc2)c2nn(-c3ncccn3)c(=O)[nH]2)cc(CO)c1O. The van der Waals surface area contributed by atoms with Crippen molar-refractivity contribution in [2.45, 2.75) is 12.6 Å². The number of nitrogens with one attached hydrogen (secondary N) is 3. The molecular weight excluding hydrogens is 504 g/mol. The van der Waals surface area contributed by atoms with Gasteiger partial charge in [0.15, 0.2) is 17.3 Å². The normalized spacial score (nSPS) is 12.2. The first-order valence-electron chi connectivity index (χ1n) is 10.6. The van der Waals surface area contributed by atoms with Crippen LogP contribution in [-0.2, 0) is 16.7 Å². The highest BCUT2D eigenvalue weighted by Gasteiger charge is 2.25. The van der Waals surface area contributed by atoms with E-state index >= 15 is 0 Å². The number of H-pyrrole nitrogens is 1. The fraction of sp³-hybridized carbons (Fsp3) is 0.136. The van der Waals surface area contributed by atoms with E-state index in [2.05, 4.69) is 25.4 Å². The Balaban J connectivity index is 1.86. The van der Waals surface area contributed by atoms with Crippen molar-refractivity contribution in [3.8, 4) is 17.4 Å². The van der Waals surface area contributed by atoms with Gasteiger partial charge in [-0.25, -0.2) is 14.8 Å². The van der Waals surface area contributed by atoms with Crippen LogP contribution in [-0.4, -0.2) is 55.5 Å². The van der Waals surface area contributed by atoms with Crippen LogP contribution in [0.15, 0.2) is 59.7 Å². The Labute approximate surface area is 210 Å². The molecule has 0 fully saturated rings. The minimum atomic E-state index is -4.03. The van der Waals surface area contributed by atoms with E-state index in [1.165, 1.54) is 24.5 Å². The van der Waals surface area contributed by atoms with Crippen LogP contribution in [0.3, 0.4) is 0 Å². The number of nitrogens with two attached hydrogens (primary N) is 1. The van der Waals surface area contributed by atoms with E-state index in [0.29, 0.717) is 11.3 Å². The van der Waals surface area contributed by atoms with Gasteiger partial charge in [0.25, 0.3) is 5.95 Å². The van der Waals surface area contributed by atoms with Crippen molar-refractivity contribution in [3.63, 3.8) is 0 Å².